The van der Waals surface area contributed by atoms with Crippen LogP contribution in [0.25, 0.3) is 0 Å². The number of carbonyl (C=O) groups excluding carboxylic acids is 1. The number of rotatable bonds is 8. The molecule has 0 aliphatic carbocycles. The fraction of sp³-hybridized carbons (Fsp3) is 0.500. The van der Waals surface area contributed by atoms with E-state index in [1.807, 2.05) is 13.8 Å². The lowest BCUT2D eigenvalue weighted by Gasteiger charge is -2.21. The van der Waals surface area contributed by atoms with E-state index < -0.39 is 10.0 Å². The van der Waals surface area contributed by atoms with Gasteiger partial charge in [-0.25, -0.2) is 13.4 Å². The van der Waals surface area contributed by atoms with Crippen LogP contribution in [-0.4, -0.2) is 55.2 Å². The summed E-state index contributed by atoms with van der Waals surface area (Å²) < 4.78 is 27.2. The van der Waals surface area contributed by atoms with Gasteiger partial charge in [0.05, 0.1) is 10.6 Å². The van der Waals surface area contributed by atoms with Crippen LogP contribution in [0, 0.1) is 0 Å². The molecule has 3 rings (SSSR count). The fourth-order valence-corrected chi connectivity index (χ4v) is 6.03. The molecular weight excluding hydrogens is 444 g/mol. The molecule has 0 fully saturated rings. The van der Waals surface area contributed by atoms with Crippen LogP contribution in [0.5, 0.6) is 0 Å². The normalized spacial score (nSPS) is 14.3. The van der Waals surface area contributed by atoms with Crippen LogP contribution in [0.3, 0.4) is 0 Å². The average Bonchev–Trinajstić information content (AvgIpc) is 3.09. The predicted octanol–water partition coefficient (Wildman–Crippen LogP) is 3.62. The molecule has 30 heavy (non-hydrogen) atoms. The summed E-state index contributed by atoms with van der Waals surface area (Å²) in [6, 6.07) is 6.12. The van der Waals surface area contributed by atoms with Crippen molar-refractivity contribution in [1.29, 1.82) is 0 Å². The molecule has 166 valence electrons. The quantitative estimate of drug-likeness (QED) is 0.634. The molecule has 0 saturated carbocycles. The van der Waals surface area contributed by atoms with Gasteiger partial charge in [0.1, 0.15) is 0 Å². The first kappa shape index (κ1) is 24.7. The Morgan fingerprint density at radius 1 is 1.20 bits per heavy atom. The van der Waals surface area contributed by atoms with Gasteiger partial charge in [0, 0.05) is 43.0 Å². The number of nitrogens with one attached hydrogen (secondary N) is 1. The van der Waals surface area contributed by atoms with Gasteiger partial charge in [-0.3, -0.25) is 10.1 Å². The van der Waals surface area contributed by atoms with E-state index in [4.69, 9.17) is 0 Å². The Labute approximate surface area is 189 Å². The molecule has 1 aromatic heterocycles. The van der Waals surface area contributed by atoms with E-state index in [0.29, 0.717) is 23.8 Å². The summed E-state index contributed by atoms with van der Waals surface area (Å²) >= 11 is 1.50. The van der Waals surface area contributed by atoms with Crippen molar-refractivity contribution in [3.8, 4) is 0 Å². The van der Waals surface area contributed by atoms with Gasteiger partial charge in [0.25, 0.3) is 5.91 Å². The maximum Gasteiger partial charge on any atom is 0.257 e. The molecule has 0 atom stereocenters. The van der Waals surface area contributed by atoms with Crippen LogP contribution in [-0.2, 0) is 23.0 Å². The smallest absolute Gasteiger partial charge is 0.257 e. The average molecular weight is 473 g/mol. The molecule has 0 bridgehead atoms. The van der Waals surface area contributed by atoms with Gasteiger partial charge in [0.2, 0.25) is 10.0 Å². The lowest BCUT2D eigenvalue weighted by molar-refractivity contribution is 0.102. The molecule has 1 aliphatic rings. The van der Waals surface area contributed by atoms with Crippen LogP contribution >= 0.6 is 23.7 Å². The monoisotopic (exact) mass is 472 g/mol. The largest absolute Gasteiger partial charge is 0.301 e. The van der Waals surface area contributed by atoms with Gasteiger partial charge in [-0.15, -0.1) is 23.7 Å². The Kier molecular flexibility index (Phi) is 8.81. The van der Waals surface area contributed by atoms with Crippen molar-refractivity contribution in [2.45, 2.75) is 44.6 Å². The van der Waals surface area contributed by atoms with Crippen LogP contribution in [0.15, 0.2) is 29.2 Å². The Morgan fingerprint density at radius 3 is 2.43 bits per heavy atom. The number of aromatic nitrogens is 1. The van der Waals surface area contributed by atoms with Gasteiger partial charge >= 0.3 is 0 Å². The van der Waals surface area contributed by atoms with Crippen LogP contribution in [0.4, 0.5) is 5.13 Å². The lowest BCUT2D eigenvalue weighted by atomic mass is 10.2. The maximum absolute atomic E-state index is 12.8. The number of nitrogens with zero attached hydrogens (tertiary/aromatic N) is 3. The minimum Gasteiger partial charge on any atom is -0.301 e. The van der Waals surface area contributed by atoms with Gasteiger partial charge in [-0.05, 0) is 44.2 Å². The third kappa shape index (κ3) is 5.59. The number of fused-ring (bicyclic) bond motifs is 1. The molecule has 1 aliphatic heterocycles. The number of anilines is 1. The highest BCUT2D eigenvalue weighted by atomic mass is 35.5. The molecule has 2 aromatic rings. The fourth-order valence-electron chi connectivity index (χ4n) is 3.32. The van der Waals surface area contributed by atoms with Crippen molar-refractivity contribution in [3.63, 3.8) is 0 Å². The number of benzene rings is 1. The zero-order valence-corrected chi connectivity index (χ0v) is 20.0. The molecule has 1 aromatic carbocycles. The molecular formula is C20H29ClN4O3S2. The third-order valence-electron chi connectivity index (χ3n) is 4.84. The van der Waals surface area contributed by atoms with Crippen molar-refractivity contribution >= 4 is 44.8 Å². The van der Waals surface area contributed by atoms with Crippen LogP contribution in [0.2, 0.25) is 0 Å². The Bertz CT molecular complexity index is 955. The van der Waals surface area contributed by atoms with E-state index in [0.717, 1.165) is 38.0 Å². The molecule has 1 amide bonds. The van der Waals surface area contributed by atoms with E-state index in [-0.39, 0.29) is 23.2 Å². The van der Waals surface area contributed by atoms with Crippen molar-refractivity contribution in [1.82, 2.24) is 14.2 Å². The second-order valence-electron chi connectivity index (χ2n) is 7.26. The second-order valence-corrected chi connectivity index (χ2v) is 10.3. The number of amides is 1. The number of carbonyl (C=O) groups is 1. The number of hydrogen-bond donors (Lipinski definition) is 1. The summed E-state index contributed by atoms with van der Waals surface area (Å²) in [6.07, 6.45) is 2.40. The molecule has 2 heterocycles. The van der Waals surface area contributed by atoms with Crippen LogP contribution < -0.4 is 5.32 Å². The Morgan fingerprint density at radius 2 is 1.83 bits per heavy atom. The molecule has 0 spiro atoms. The standard InChI is InChI=1S/C20H28N4O3S2.ClH/c1-4-11-24(12-5-2)29(26,27)16-8-6-15(7-9-16)19(25)22-20-21-17-10-13-23(3)14-18(17)28-20;/h6-9H,4-5,10-14H2,1-3H3,(H,21,22,25);1H. The molecule has 10 heteroatoms. The van der Waals surface area contributed by atoms with Gasteiger partial charge in [0.15, 0.2) is 5.13 Å². The highest BCUT2D eigenvalue weighted by molar-refractivity contribution is 7.89. The van der Waals surface area contributed by atoms with E-state index in [1.165, 1.54) is 32.7 Å². The second kappa shape index (κ2) is 10.7. The highest BCUT2D eigenvalue weighted by Crippen LogP contribution is 2.28. The van der Waals surface area contributed by atoms with Gasteiger partial charge in [-0.2, -0.15) is 4.31 Å². The zero-order chi connectivity index (χ0) is 21.0. The first-order chi connectivity index (χ1) is 13.8. The minimum absolute atomic E-state index is 0. The Hall–Kier alpha value is -1.52. The zero-order valence-electron chi connectivity index (χ0n) is 17.6. The number of likely N-dealkylation sites (N-methyl/N-ethyl adjacent to an activating group) is 1. The molecule has 7 nitrogen and oxygen atoms in total. The van der Waals surface area contributed by atoms with Crippen molar-refractivity contribution < 1.29 is 13.2 Å². The van der Waals surface area contributed by atoms with Gasteiger partial charge in [-0.1, -0.05) is 13.8 Å². The summed E-state index contributed by atoms with van der Waals surface area (Å²) in [7, 11) is -1.48. The summed E-state index contributed by atoms with van der Waals surface area (Å²) in [5, 5.41) is 3.43. The third-order valence-corrected chi connectivity index (χ3v) is 7.75. The van der Waals surface area contributed by atoms with E-state index >= 15 is 0 Å². The van der Waals surface area contributed by atoms with Crippen molar-refractivity contribution in [2.75, 3.05) is 32.0 Å². The van der Waals surface area contributed by atoms with E-state index in [2.05, 4.69) is 22.2 Å². The van der Waals surface area contributed by atoms with E-state index in [1.54, 1.807) is 12.1 Å². The topological polar surface area (TPSA) is 82.6 Å². The number of halogens is 1. The first-order valence-corrected chi connectivity index (χ1v) is 12.2. The molecule has 1 N–H and O–H groups in total. The minimum atomic E-state index is -3.55. The number of sulfonamides is 1. The molecule has 0 radical (unpaired) electrons. The SMILES string of the molecule is CCCN(CCC)S(=O)(=O)c1ccc(C(=O)Nc2nc3c(s2)CN(C)CC3)cc1.Cl. The van der Waals surface area contributed by atoms with Crippen molar-refractivity contribution in [3.05, 3.63) is 40.4 Å². The lowest BCUT2D eigenvalue weighted by Crippen LogP contribution is -2.32. The number of thiazole rings is 1. The maximum atomic E-state index is 12.8. The first-order valence-electron chi connectivity index (χ1n) is 9.93. The summed E-state index contributed by atoms with van der Waals surface area (Å²) in [5.41, 5.74) is 1.46. The number of hydrogen-bond acceptors (Lipinski definition) is 6. The Balaban J connectivity index is 0.00000320. The van der Waals surface area contributed by atoms with Crippen molar-refractivity contribution in [2.24, 2.45) is 0 Å². The summed E-state index contributed by atoms with van der Waals surface area (Å²) in [6.45, 7) is 6.71. The predicted molar refractivity (Wildman–Crippen MR) is 123 cm³/mol. The van der Waals surface area contributed by atoms with Crippen LogP contribution in [0.1, 0.15) is 47.6 Å². The molecule has 0 unspecified atom stereocenters. The summed E-state index contributed by atoms with van der Waals surface area (Å²) in [5.74, 6) is -0.285. The summed E-state index contributed by atoms with van der Waals surface area (Å²) in [4.78, 5) is 20.7. The molecule has 0 saturated heterocycles. The van der Waals surface area contributed by atoms with Gasteiger partial charge < -0.3 is 4.90 Å². The highest BCUT2D eigenvalue weighted by Gasteiger charge is 2.24. The van der Waals surface area contributed by atoms with E-state index in [9.17, 15) is 13.2 Å².